The lowest BCUT2D eigenvalue weighted by Gasteiger charge is -2.45. The van der Waals surface area contributed by atoms with Gasteiger partial charge in [-0.3, -0.25) is 0 Å². The monoisotopic (exact) mass is 353 g/mol. The van der Waals surface area contributed by atoms with Crippen molar-refractivity contribution in [1.29, 1.82) is 0 Å². The number of rotatable bonds is 1. The molecule has 4 rings (SSSR count). The number of allylic oxidation sites excluding steroid dienone is 3. The smallest absolute Gasteiger partial charge is 0.381 e. The third kappa shape index (κ3) is 3.08. The van der Waals surface area contributed by atoms with Gasteiger partial charge in [-0.1, -0.05) is 6.08 Å². The second kappa shape index (κ2) is 6.16. The molecular weight excluding hydrogens is 334 g/mol. The van der Waals surface area contributed by atoms with E-state index in [1.807, 2.05) is 6.08 Å². The van der Waals surface area contributed by atoms with E-state index in [2.05, 4.69) is 5.32 Å². The summed E-state index contributed by atoms with van der Waals surface area (Å²) in [4.78, 5) is 0. The van der Waals surface area contributed by atoms with Gasteiger partial charge in [0.15, 0.2) is 0 Å². The standard InChI is InChI=1S/C19H19F4NO/c20-13-6-3-11(4-7-13)17-14-2-1-9-25-18(14)15-10-12(19(21,22)23)5-8-16(15)24-17/h3,5-8,10-11,14,17-18,24H,1-2,4,9H2/t11?,14-,17-,18-/m0/s1. The average Bonchev–Trinajstić information content (AvgIpc) is 2.60. The van der Waals surface area contributed by atoms with E-state index < -0.39 is 11.7 Å². The van der Waals surface area contributed by atoms with Gasteiger partial charge in [0.2, 0.25) is 0 Å². The molecule has 25 heavy (non-hydrogen) atoms. The van der Waals surface area contributed by atoms with Crippen molar-refractivity contribution in [2.24, 2.45) is 11.8 Å². The molecule has 0 spiro atoms. The van der Waals surface area contributed by atoms with Gasteiger partial charge in [-0.05, 0) is 49.6 Å². The lowest BCUT2D eigenvalue weighted by molar-refractivity contribution is -0.137. The summed E-state index contributed by atoms with van der Waals surface area (Å²) in [7, 11) is 0. The molecule has 6 heteroatoms. The van der Waals surface area contributed by atoms with Crippen LogP contribution in [0.15, 0.2) is 42.3 Å². The second-order valence-electron chi connectivity index (χ2n) is 6.92. The van der Waals surface area contributed by atoms with Crippen molar-refractivity contribution in [2.75, 3.05) is 11.9 Å². The van der Waals surface area contributed by atoms with Crippen molar-refractivity contribution in [2.45, 2.75) is 37.6 Å². The molecular formula is C19H19F4NO. The summed E-state index contributed by atoms with van der Waals surface area (Å²) in [5.74, 6) is -0.0585. The van der Waals surface area contributed by atoms with E-state index in [4.69, 9.17) is 4.74 Å². The predicted octanol–water partition coefficient (Wildman–Crippen LogP) is 5.40. The number of halogens is 4. The van der Waals surface area contributed by atoms with Gasteiger partial charge in [0.1, 0.15) is 5.83 Å². The molecule has 1 fully saturated rings. The van der Waals surface area contributed by atoms with Gasteiger partial charge in [0.25, 0.3) is 0 Å². The first kappa shape index (κ1) is 16.6. The predicted molar refractivity (Wildman–Crippen MR) is 86.7 cm³/mol. The Morgan fingerprint density at radius 1 is 1.20 bits per heavy atom. The SMILES string of the molecule is FC1=CCC([C@@H]2Nc3ccc(C(F)(F)F)cc3[C@H]3OCCC[C@H]32)C=C1. The average molecular weight is 353 g/mol. The quantitative estimate of drug-likeness (QED) is 0.683. The third-order valence-electron chi connectivity index (χ3n) is 5.39. The topological polar surface area (TPSA) is 21.3 Å². The van der Waals surface area contributed by atoms with Crippen LogP contribution in [0.5, 0.6) is 0 Å². The molecule has 1 saturated heterocycles. The van der Waals surface area contributed by atoms with E-state index in [9.17, 15) is 17.6 Å². The molecule has 4 atom stereocenters. The Balaban J connectivity index is 1.69. The van der Waals surface area contributed by atoms with E-state index >= 15 is 0 Å². The van der Waals surface area contributed by atoms with Gasteiger partial charge in [0, 0.05) is 35.7 Å². The molecule has 1 aliphatic carbocycles. The fourth-order valence-electron chi connectivity index (χ4n) is 4.19. The first-order valence-corrected chi connectivity index (χ1v) is 8.56. The van der Waals surface area contributed by atoms with Crippen molar-refractivity contribution in [3.05, 3.63) is 53.4 Å². The Hall–Kier alpha value is -1.82. The summed E-state index contributed by atoms with van der Waals surface area (Å²) in [5, 5.41) is 3.41. The molecule has 1 aromatic rings. The first-order chi connectivity index (χ1) is 11.9. The van der Waals surface area contributed by atoms with Crippen LogP contribution in [0.2, 0.25) is 0 Å². The van der Waals surface area contributed by atoms with Crippen LogP contribution in [0.1, 0.15) is 36.5 Å². The number of ether oxygens (including phenoxy) is 1. The highest BCUT2D eigenvalue weighted by Gasteiger charge is 2.43. The molecule has 1 N–H and O–H groups in total. The van der Waals surface area contributed by atoms with E-state index in [1.165, 1.54) is 18.2 Å². The lowest BCUT2D eigenvalue weighted by Crippen LogP contribution is -2.45. The summed E-state index contributed by atoms with van der Waals surface area (Å²) in [6, 6.07) is 3.82. The molecule has 2 aliphatic heterocycles. The zero-order valence-electron chi connectivity index (χ0n) is 13.5. The number of fused-ring (bicyclic) bond motifs is 3. The fraction of sp³-hybridized carbons (Fsp3) is 0.474. The Kier molecular flexibility index (Phi) is 4.10. The minimum atomic E-state index is -4.37. The van der Waals surface area contributed by atoms with Gasteiger partial charge < -0.3 is 10.1 Å². The highest BCUT2D eigenvalue weighted by atomic mass is 19.4. The summed E-state index contributed by atoms with van der Waals surface area (Å²) in [6.07, 6.45) is 2.52. The summed E-state index contributed by atoms with van der Waals surface area (Å²) in [6.45, 7) is 0.554. The molecule has 2 nitrogen and oxygen atoms in total. The van der Waals surface area contributed by atoms with Crippen LogP contribution in [0.4, 0.5) is 23.2 Å². The number of anilines is 1. The lowest BCUT2D eigenvalue weighted by atomic mass is 9.73. The maximum atomic E-state index is 13.3. The zero-order chi connectivity index (χ0) is 17.6. The van der Waals surface area contributed by atoms with E-state index in [-0.39, 0.29) is 29.8 Å². The van der Waals surface area contributed by atoms with Crippen molar-refractivity contribution in [1.82, 2.24) is 0 Å². The van der Waals surface area contributed by atoms with Gasteiger partial charge in [-0.15, -0.1) is 0 Å². The number of hydrogen-bond donors (Lipinski definition) is 1. The van der Waals surface area contributed by atoms with Crippen LogP contribution in [-0.4, -0.2) is 12.6 Å². The van der Waals surface area contributed by atoms with E-state index in [0.29, 0.717) is 24.3 Å². The van der Waals surface area contributed by atoms with Crippen LogP contribution < -0.4 is 5.32 Å². The third-order valence-corrected chi connectivity index (χ3v) is 5.39. The van der Waals surface area contributed by atoms with Gasteiger partial charge in [-0.2, -0.15) is 13.2 Å². The maximum absolute atomic E-state index is 13.3. The molecule has 0 saturated carbocycles. The van der Waals surface area contributed by atoms with Crippen molar-refractivity contribution >= 4 is 5.69 Å². The van der Waals surface area contributed by atoms with Crippen LogP contribution >= 0.6 is 0 Å². The molecule has 0 aromatic heterocycles. The molecule has 0 bridgehead atoms. The summed E-state index contributed by atoms with van der Waals surface area (Å²) >= 11 is 0. The fourth-order valence-corrected chi connectivity index (χ4v) is 4.19. The number of alkyl halides is 3. The zero-order valence-corrected chi connectivity index (χ0v) is 13.5. The maximum Gasteiger partial charge on any atom is 0.416 e. The molecule has 1 aromatic carbocycles. The second-order valence-corrected chi connectivity index (χ2v) is 6.92. The molecule has 134 valence electrons. The number of hydrogen-bond acceptors (Lipinski definition) is 2. The summed E-state index contributed by atoms with van der Waals surface area (Å²) in [5.41, 5.74) is 0.615. The summed E-state index contributed by atoms with van der Waals surface area (Å²) < 4.78 is 58.4. The van der Waals surface area contributed by atoms with Gasteiger partial charge in [0.05, 0.1) is 11.7 Å². The highest BCUT2D eigenvalue weighted by molar-refractivity contribution is 5.58. The molecule has 0 amide bonds. The Bertz CT molecular complexity index is 725. The number of benzene rings is 1. The molecule has 2 heterocycles. The van der Waals surface area contributed by atoms with Crippen LogP contribution in [0.25, 0.3) is 0 Å². The normalized spacial score (nSPS) is 31.6. The Morgan fingerprint density at radius 2 is 2.04 bits per heavy atom. The van der Waals surface area contributed by atoms with Crippen LogP contribution in [-0.2, 0) is 10.9 Å². The van der Waals surface area contributed by atoms with Crippen molar-refractivity contribution in [3.8, 4) is 0 Å². The highest BCUT2D eigenvalue weighted by Crippen LogP contribution is 2.48. The molecule has 1 unspecified atom stereocenters. The van der Waals surface area contributed by atoms with Gasteiger partial charge >= 0.3 is 6.18 Å². The van der Waals surface area contributed by atoms with Crippen LogP contribution in [0.3, 0.4) is 0 Å². The first-order valence-electron chi connectivity index (χ1n) is 8.56. The van der Waals surface area contributed by atoms with Crippen LogP contribution in [0, 0.1) is 11.8 Å². The molecule has 0 radical (unpaired) electrons. The van der Waals surface area contributed by atoms with E-state index in [1.54, 1.807) is 6.08 Å². The van der Waals surface area contributed by atoms with Gasteiger partial charge in [-0.25, -0.2) is 4.39 Å². The Labute approximate surface area is 143 Å². The minimum absolute atomic E-state index is 0.0233. The largest absolute Gasteiger partial charge is 0.416 e. The number of nitrogens with one attached hydrogen (secondary N) is 1. The van der Waals surface area contributed by atoms with Crippen molar-refractivity contribution < 1.29 is 22.3 Å². The van der Waals surface area contributed by atoms with E-state index in [0.717, 1.165) is 18.9 Å². The molecule has 3 aliphatic rings. The van der Waals surface area contributed by atoms with Crippen molar-refractivity contribution in [3.63, 3.8) is 0 Å². The Morgan fingerprint density at radius 3 is 2.76 bits per heavy atom. The minimum Gasteiger partial charge on any atom is -0.381 e.